The van der Waals surface area contributed by atoms with Crippen LogP contribution < -0.4 is 10.6 Å². The number of thiazole rings is 2. The Morgan fingerprint density at radius 1 is 0.800 bits per heavy atom. The van der Waals surface area contributed by atoms with Gasteiger partial charge >= 0.3 is 11.9 Å². The molecular weight excluding hydrogens is 464 g/mol. The topological polar surface area (TPSA) is 102 Å². The van der Waals surface area contributed by atoms with Crippen molar-refractivity contribution in [3.8, 4) is 0 Å². The molecule has 4 rings (SSSR count). The molecule has 2 aromatic heterocycles. The first kappa shape index (κ1) is 20.7. The Balaban J connectivity index is 1.58. The molecule has 2 aromatic rings. The van der Waals surface area contributed by atoms with Gasteiger partial charge in [0.05, 0.1) is 35.7 Å². The third-order valence-corrected chi connectivity index (χ3v) is 7.27. The quantitative estimate of drug-likeness (QED) is 0.491. The minimum atomic E-state index is -0.463. The lowest BCUT2D eigenvalue weighted by Crippen LogP contribution is -2.19. The first-order valence-electron chi connectivity index (χ1n) is 8.35. The number of nitrogens with zero attached hydrogens (tertiary/aromatic N) is 2. The van der Waals surface area contributed by atoms with Crippen LogP contribution in [0.4, 0.5) is 0 Å². The molecule has 2 N–H and O–H groups in total. The highest BCUT2D eigenvalue weighted by Gasteiger charge is 2.29. The fourth-order valence-electron chi connectivity index (χ4n) is 2.55. The normalized spacial score (nSPS) is 18.7. The third-order valence-electron chi connectivity index (χ3n) is 3.90. The summed E-state index contributed by atoms with van der Waals surface area (Å²) in [7, 11) is 2.68. The van der Waals surface area contributed by atoms with Crippen LogP contribution in [0.1, 0.15) is 10.0 Å². The third kappa shape index (κ3) is 4.03. The van der Waals surface area contributed by atoms with Gasteiger partial charge in [0, 0.05) is 34.0 Å². The summed E-state index contributed by atoms with van der Waals surface area (Å²) in [6.07, 6.45) is 3.28. The number of carbonyl (C=O) groups is 2. The standard InChI is InChI=1S/C18H14N4O4S4/c1-25-17(23)11(13-19-3-5-27-13)15-21-9(7-29-15)10-8-30-16(22-10)12(18(24)26-2)14-20-4-6-28-14/h3-8,21-22H,1-2H3/b15-11-,16-12?. The maximum Gasteiger partial charge on any atom is 0.343 e. The number of rotatable bonds is 5. The van der Waals surface area contributed by atoms with E-state index in [4.69, 9.17) is 9.47 Å². The van der Waals surface area contributed by atoms with Crippen molar-refractivity contribution >= 4 is 69.3 Å². The van der Waals surface area contributed by atoms with Gasteiger partial charge in [0.2, 0.25) is 0 Å². The number of thioether (sulfide) groups is 2. The highest BCUT2D eigenvalue weighted by atomic mass is 32.2. The summed E-state index contributed by atoms with van der Waals surface area (Å²) >= 11 is 5.46. The summed E-state index contributed by atoms with van der Waals surface area (Å²) in [4.78, 5) is 33.1. The van der Waals surface area contributed by atoms with Crippen LogP contribution in [0.15, 0.2) is 55.4 Å². The van der Waals surface area contributed by atoms with Crippen molar-refractivity contribution in [1.29, 1.82) is 0 Å². The zero-order valence-corrected chi connectivity index (χ0v) is 18.9. The Morgan fingerprint density at radius 3 is 1.57 bits per heavy atom. The van der Waals surface area contributed by atoms with Crippen molar-refractivity contribution in [3.05, 3.63) is 65.4 Å². The monoisotopic (exact) mass is 478 g/mol. The number of hydrogen-bond acceptors (Lipinski definition) is 12. The molecule has 2 aliphatic heterocycles. The number of esters is 2. The fourth-order valence-corrected chi connectivity index (χ4v) is 5.81. The first-order chi connectivity index (χ1) is 14.6. The second-order valence-corrected chi connectivity index (χ2v) is 9.16. The summed E-state index contributed by atoms with van der Waals surface area (Å²) in [5.74, 6) is -0.927. The number of aromatic nitrogens is 2. The molecule has 0 fully saturated rings. The van der Waals surface area contributed by atoms with Crippen LogP contribution in [-0.4, -0.2) is 36.1 Å². The molecule has 30 heavy (non-hydrogen) atoms. The molecule has 0 unspecified atom stereocenters. The smallest absolute Gasteiger partial charge is 0.343 e. The van der Waals surface area contributed by atoms with E-state index in [1.54, 1.807) is 23.2 Å². The van der Waals surface area contributed by atoms with Crippen molar-refractivity contribution < 1.29 is 19.1 Å². The van der Waals surface area contributed by atoms with Gasteiger partial charge in [-0.3, -0.25) is 0 Å². The van der Waals surface area contributed by atoms with E-state index in [1.165, 1.54) is 60.4 Å². The molecule has 0 spiro atoms. The molecule has 0 bridgehead atoms. The van der Waals surface area contributed by atoms with Gasteiger partial charge in [-0.25, -0.2) is 19.6 Å². The van der Waals surface area contributed by atoms with E-state index in [0.29, 0.717) is 31.2 Å². The van der Waals surface area contributed by atoms with Crippen LogP contribution in [0.25, 0.3) is 11.1 Å². The lowest BCUT2D eigenvalue weighted by atomic mass is 10.2. The average molecular weight is 479 g/mol. The van der Waals surface area contributed by atoms with Crippen LogP contribution in [0, 0.1) is 0 Å². The molecule has 154 valence electrons. The predicted molar refractivity (Wildman–Crippen MR) is 120 cm³/mol. The molecule has 8 nitrogen and oxygen atoms in total. The Hall–Kier alpha value is -2.54. The fraction of sp³-hybridized carbons (Fsp3) is 0.111. The van der Waals surface area contributed by atoms with E-state index < -0.39 is 11.9 Å². The number of ether oxygens (including phenoxy) is 2. The summed E-state index contributed by atoms with van der Waals surface area (Å²) < 4.78 is 9.86. The number of carbonyl (C=O) groups excluding carboxylic acids is 2. The zero-order valence-electron chi connectivity index (χ0n) is 15.6. The molecule has 0 saturated heterocycles. The number of methoxy groups -OCH3 is 2. The molecule has 0 atom stereocenters. The zero-order chi connectivity index (χ0) is 21.1. The lowest BCUT2D eigenvalue weighted by Gasteiger charge is -2.11. The van der Waals surface area contributed by atoms with Crippen molar-refractivity contribution in [2.75, 3.05) is 14.2 Å². The maximum absolute atomic E-state index is 12.3. The van der Waals surface area contributed by atoms with Crippen molar-refractivity contribution in [2.45, 2.75) is 0 Å². The molecule has 0 saturated carbocycles. The van der Waals surface area contributed by atoms with E-state index in [9.17, 15) is 9.59 Å². The lowest BCUT2D eigenvalue weighted by molar-refractivity contribution is -0.134. The summed E-state index contributed by atoms with van der Waals surface area (Å²) in [6, 6.07) is 0. The van der Waals surface area contributed by atoms with Crippen LogP contribution in [0.5, 0.6) is 0 Å². The second-order valence-electron chi connectivity index (χ2n) is 5.61. The second kappa shape index (κ2) is 9.08. The summed E-state index contributed by atoms with van der Waals surface area (Å²) in [5, 5.41) is 16.3. The van der Waals surface area contributed by atoms with Crippen molar-refractivity contribution in [1.82, 2.24) is 20.6 Å². The van der Waals surface area contributed by atoms with Gasteiger partial charge in [0.15, 0.2) is 0 Å². The average Bonchev–Trinajstić information content (AvgIpc) is 3.56. The number of hydrogen-bond donors (Lipinski definition) is 2. The molecular formula is C18H14N4O4S4. The van der Waals surface area contributed by atoms with Gasteiger partial charge in [-0.1, -0.05) is 23.5 Å². The Bertz CT molecular complexity index is 1010. The van der Waals surface area contributed by atoms with Crippen molar-refractivity contribution in [2.24, 2.45) is 0 Å². The maximum atomic E-state index is 12.3. The SMILES string of the molecule is COC(=O)C(=C1NC(C2=CS/C(=C(\C(=O)OC)c3nccs3)N2)=CS1)c1nccs1. The van der Waals surface area contributed by atoms with Crippen LogP contribution >= 0.6 is 46.2 Å². The van der Waals surface area contributed by atoms with E-state index >= 15 is 0 Å². The molecule has 0 aromatic carbocycles. The highest BCUT2D eigenvalue weighted by Crippen LogP contribution is 2.39. The van der Waals surface area contributed by atoms with Crippen LogP contribution in [-0.2, 0) is 19.1 Å². The largest absolute Gasteiger partial charge is 0.465 e. The van der Waals surface area contributed by atoms with Crippen LogP contribution in [0.3, 0.4) is 0 Å². The van der Waals surface area contributed by atoms with Gasteiger partial charge in [-0.2, -0.15) is 0 Å². The predicted octanol–water partition coefficient (Wildman–Crippen LogP) is 3.34. The highest BCUT2D eigenvalue weighted by molar-refractivity contribution is 8.06. The Kier molecular flexibility index (Phi) is 6.27. The molecule has 12 heteroatoms. The van der Waals surface area contributed by atoms with E-state index in [1.807, 2.05) is 10.8 Å². The number of nitrogens with one attached hydrogen (secondary N) is 2. The minimum absolute atomic E-state index is 0.379. The van der Waals surface area contributed by atoms with Gasteiger partial charge in [0.1, 0.15) is 21.2 Å². The molecule has 0 radical (unpaired) electrons. The molecule has 0 amide bonds. The Labute approximate surface area is 188 Å². The molecule has 2 aliphatic rings. The van der Waals surface area contributed by atoms with Crippen LogP contribution in [0.2, 0.25) is 0 Å². The summed E-state index contributed by atoms with van der Waals surface area (Å²) in [5.41, 5.74) is 2.28. The molecule has 4 heterocycles. The van der Waals surface area contributed by atoms with Gasteiger partial charge in [-0.15, -0.1) is 22.7 Å². The first-order valence-corrected chi connectivity index (χ1v) is 11.9. The minimum Gasteiger partial charge on any atom is -0.465 e. The molecule has 0 aliphatic carbocycles. The van der Waals surface area contributed by atoms with E-state index in [-0.39, 0.29) is 0 Å². The van der Waals surface area contributed by atoms with Gasteiger partial charge in [0.25, 0.3) is 0 Å². The summed E-state index contributed by atoms with van der Waals surface area (Å²) in [6.45, 7) is 0. The van der Waals surface area contributed by atoms with E-state index in [2.05, 4.69) is 20.6 Å². The Morgan fingerprint density at radius 2 is 1.23 bits per heavy atom. The van der Waals surface area contributed by atoms with Crippen molar-refractivity contribution in [3.63, 3.8) is 0 Å². The van der Waals surface area contributed by atoms with Gasteiger partial charge in [-0.05, 0) is 0 Å². The van der Waals surface area contributed by atoms with E-state index in [0.717, 1.165) is 11.4 Å². The van der Waals surface area contributed by atoms with Gasteiger partial charge < -0.3 is 20.1 Å².